The number of carbonyl (C=O) groups is 1. The molecule has 2 aliphatic rings. The lowest BCUT2D eigenvalue weighted by molar-refractivity contribution is 0.0996. The van der Waals surface area contributed by atoms with Crippen LogP contribution in [0.15, 0.2) is 47.1 Å². The third-order valence-electron chi connectivity index (χ3n) is 6.32. The number of fused-ring (bicyclic) bond motifs is 1. The van der Waals surface area contributed by atoms with Crippen molar-refractivity contribution in [2.75, 3.05) is 25.2 Å². The summed E-state index contributed by atoms with van der Waals surface area (Å²) in [6.07, 6.45) is 4.77. The molecule has 4 heterocycles. The minimum atomic E-state index is -0.225. The van der Waals surface area contributed by atoms with Gasteiger partial charge in [0.2, 0.25) is 6.79 Å². The van der Waals surface area contributed by atoms with Gasteiger partial charge in [-0.3, -0.25) is 9.69 Å². The van der Waals surface area contributed by atoms with Gasteiger partial charge in [-0.1, -0.05) is 19.9 Å². The number of amides is 1. The van der Waals surface area contributed by atoms with Crippen molar-refractivity contribution >= 4 is 22.2 Å². The summed E-state index contributed by atoms with van der Waals surface area (Å²) in [6, 6.07) is 11.9. The Morgan fingerprint density at radius 2 is 2.00 bits per heavy atom. The highest BCUT2D eigenvalue weighted by Crippen LogP contribution is 2.43. The Morgan fingerprint density at radius 3 is 2.75 bits per heavy atom. The molecule has 0 spiro atoms. The molecule has 1 aromatic carbocycles. The number of hydrogen-bond acceptors (Lipinski definition) is 6. The van der Waals surface area contributed by atoms with E-state index in [1.165, 1.54) is 24.0 Å². The Kier molecular flexibility index (Phi) is 5.93. The monoisotopic (exact) mass is 452 g/mol. The lowest BCUT2D eigenvalue weighted by atomic mass is 9.92. The quantitative estimate of drug-likeness (QED) is 0.519. The zero-order valence-corrected chi connectivity index (χ0v) is 19.2. The molecule has 2 aromatic heterocycles. The molecule has 1 N–H and O–H groups in total. The minimum Gasteiger partial charge on any atom is -0.459 e. The summed E-state index contributed by atoms with van der Waals surface area (Å²) in [5.41, 5.74) is 2.28. The van der Waals surface area contributed by atoms with Crippen LogP contribution in [0.4, 0.5) is 5.00 Å². The van der Waals surface area contributed by atoms with Gasteiger partial charge in [0.15, 0.2) is 17.3 Å². The van der Waals surface area contributed by atoms with Gasteiger partial charge < -0.3 is 19.2 Å². The molecular weight excluding hydrogens is 424 g/mol. The van der Waals surface area contributed by atoms with E-state index in [1.807, 2.05) is 6.07 Å². The summed E-state index contributed by atoms with van der Waals surface area (Å²) in [7, 11) is 0. The van der Waals surface area contributed by atoms with E-state index >= 15 is 0 Å². The van der Waals surface area contributed by atoms with E-state index in [4.69, 9.17) is 13.9 Å². The highest BCUT2D eigenvalue weighted by molar-refractivity contribution is 7.16. The van der Waals surface area contributed by atoms with Crippen LogP contribution in [-0.2, 0) is 6.42 Å². The van der Waals surface area contributed by atoms with Crippen LogP contribution in [0, 0.1) is 5.92 Å². The number of carbonyl (C=O) groups excluding carboxylic acids is 1. The van der Waals surface area contributed by atoms with Gasteiger partial charge in [0.05, 0.1) is 12.3 Å². The number of rotatable bonds is 6. The van der Waals surface area contributed by atoms with Crippen molar-refractivity contribution < 1.29 is 18.7 Å². The van der Waals surface area contributed by atoms with E-state index in [0.29, 0.717) is 5.76 Å². The van der Waals surface area contributed by atoms with Gasteiger partial charge >= 0.3 is 0 Å². The van der Waals surface area contributed by atoms with Gasteiger partial charge in [-0.2, -0.15) is 0 Å². The predicted octanol–water partition coefficient (Wildman–Crippen LogP) is 5.71. The fourth-order valence-corrected chi connectivity index (χ4v) is 5.49. The molecule has 2 aliphatic heterocycles. The molecule has 1 atom stereocenters. The Labute approximate surface area is 192 Å². The largest absolute Gasteiger partial charge is 0.459 e. The van der Waals surface area contributed by atoms with Crippen molar-refractivity contribution in [2.24, 2.45) is 5.92 Å². The SMILES string of the molecule is CCc1cc([C@H](c2ccc3c(c2)OCO3)N2CCC(C)CC2)c(NC(=O)c2ccco2)s1. The number of anilines is 1. The van der Waals surface area contributed by atoms with E-state index < -0.39 is 0 Å². The fourth-order valence-electron chi connectivity index (χ4n) is 4.46. The van der Waals surface area contributed by atoms with Gasteiger partial charge in [-0.25, -0.2) is 0 Å². The average Bonchev–Trinajstić information content (AvgIpc) is 3.56. The maximum Gasteiger partial charge on any atom is 0.291 e. The Hall–Kier alpha value is -2.77. The number of hydrogen-bond donors (Lipinski definition) is 1. The summed E-state index contributed by atoms with van der Waals surface area (Å²) in [5, 5.41) is 4.00. The summed E-state index contributed by atoms with van der Waals surface area (Å²) in [6.45, 7) is 6.76. The van der Waals surface area contributed by atoms with Crippen molar-refractivity contribution in [3.63, 3.8) is 0 Å². The van der Waals surface area contributed by atoms with Crippen molar-refractivity contribution in [2.45, 2.75) is 39.2 Å². The van der Waals surface area contributed by atoms with Crippen LogP contribution in [0.2, 0.25) is 0 Å². The lowest BCUT2D eigenvalue weighted by Crippen LogP contribution is -2.37. The van der Waals surface area contributed by atoms with Gasteiger partial charge in [0.25, 0.3) is 5.91 Å². The van der Waals surface area contributed by atoms with E-state index in [2.05, 4.69) is 42.3 Å². The summed E-state index contributed by atoms with van der Waals surface area (Å²) in [5.74, 6) is 2.39. The molecule has 3 aromatic rings. The van der Waals surface area contributed by atoms with Crippen LogP contribution in [0.25, 0.3) is 0 Å². The fraction of sp³-hybridized carbons (Fsp3) is 0.400. The number of likely N-dealkylation sites (tertiary alicyclic amines) is 1. The normalized spacial score (nSPS) is 17.4. The third-order valence-corrected chi connectivity index (χ3v) is 7.53. The standard InChI is InChI=1S/C25H28N2O4S/c1-3-18-14-19(25(32-18)26-24(28)21-5-4-12-29-21)23(27-10-8-16(2)9-11-27)17-6-7-20-22(13-17)31-15-30-20/h4-7,12-14,16,23H,3,8-11,15H2,1-2H3,(H,26,28)/t23-/m0/s1. The van der Waals surface area contributed by atoms with Crippen molar-refractivity contribution in [1.29, 1.82) is 0 Å². The highest BCUT2D eigenvalue weighted by atomic mass is 32.1. The first-order chi connectivity index (χ1) is 15.6. The maximum absolute atomic E-state index is 12.8. The molecule has 32 heavy (non-hydrogen) atoms. The molecule has 0 aliphatic carbocycles. The van der Waals surface area contributed by atoms with Crippen LogP contribution in [0.3, 0.4) is 0 Å². The molecule has 5 rings (SSSR count). The van der Waals surface area contributed by atoms with E-state index in [-0.39, 0.29) is 18.7 Å². The molecule has 7 heteroatoms. The van der Waals surface area contributed by atoms with Crippen molar-refractivity contribution in [3.05, 3.63) is 64.4 Å². The Bertz CT molecular complexity index is 1080. The van der Waals surface area contributed by atoms with Crippen LogP contribution in [0.5, 0.6) is 11.5 Å². The number of nitrogens with zero attached hydrogens (tertiary/aromatic N) is 1. The summed E-state index contributed by atoms with van der Waals surface area (Å²) in [4.78, 5) is 16.6. The van der Waals surface area contributed by atoms with Crippen LogP contribution in [-0.4, -0.2) is 30.7 Å². The first-order valence-corrected chi connectivity index (χ1v) is 12.0. The molecule has 168 valence electrons. The zero-order valence-electron chi connectivity index (χ0n) is 18.4. The Morgan fingerprint density at radius 1 is 1.19 bits per heavy atom. The van der Waals surface area contributed by atoms with Gasteiger partial charge in [0.1, 0.15) is 5.00 Å². The number of nitrogens with one attached hydrogen (secondary N) is 1. The summed E-state index contributed by atoms with van der Waals surface area (Å²) >= 11 is 1.64. The van der Waals surface area contributed by atoms with E-state index in [9.17, 15) is 4.79 Å². The first-order valence-electron chi connectivity index (χ1n) is 11.2. The molecule has 1 saturated heterocycles. The lowest BCUT2D eigenvalue weighted by Gasteiger charge is -2.37. The second-order valence-corrected chi connectivity index (χ2v) is 9.65. The molecule has 0 unspecified atom stereocenters. The Balaban J connectivity index is 1.55. The van der Waals surface area contributed by atoms with Crippen molar-refractivity contribution in [1.82, 2.24) is 4.90 Å². The number of ether oxygens (including phenoxy) is 2. The average molecular weight is 453 g/mol. The second-order valence-electron chi connectivity index (χ2n) is 8.52. The van der Waals surface area contributed by atoms with Gasteiger partial charge in [0, 0.05) is 10.4 Å². The second kappa shape index (κ2) is 9.00. The zero-order chi connectivity index (χ0) is 22.1. The number of aryl methyl sites for hydroxylation is 1. The number of piperidine rings is 1. The van der Waals surface area contributed by atoms with Gasteiger partial charge in [-0.15, -0.1) is 11.3 Å². The molecule has 0 saturated carbocycles. The first kappa shape index (κ1) is 21.1. The number of thiophene rings is 1. The third kappa shape index (κ3) is 4.14. The van der Waals surface area contributed by atoms with E-state index in [0.717, 1.165) is 53.1 Å². The number of benzene rings is 1. The molecule has 0 bridgehead atoms. The van der Waals surface area contributed by atoms with Crippen molar-refractivity contribution in [3.8, 4) is 11.5 Å². The van der Waals surface area contributed by atoms with Gasteiger partial charge in [-0.05, 0) is 74.2 Å². The maximum atomic E-state index is 12.8. The van der Waals surface area contributed by atoms with Crippen LogP contribution in [0.1, 0.15) is 59.3 Å². The topological polar surface area (TPSA) is 63.9 Å². The highest BCUT2D eigenvalue weighted by Gasteiger charge is 2.31. The molecule has 6 nitrogen and oxygen atoms in total. The van der Waals surface area contributed by atoms with Crippen LogP contribution >= 0.6 is 11.3 Å². The molecule has 1 amide bonds. The molecule has 1 fully saturated rings. The predicted molar refractivity (Wildman–Crippen MR) is 125 cm³/mol. The molecular formula is C25H28N2O4S. The summed E-state index contributed by atoms with van der Waals surface area (Å²) < 4.78 is 16.5. The van der Waals surface area contributed by atoms with E-state index in [1.54, 1.807) is 23.5 Å². The van der Waals surface area contributed by atoms with Crippen LogP contribution < -0.4 is 14.8 Å². The molecule has 0 radical (unpaired) electrons. The number of furan rings is 1. The minimum absolute atomic E-state index is 0.0282. The smallest absolute Gasteiger partial charge is 0.291 e.